The van der Waals surface area contributed by atoms with Gasteiger partial charge < -0.3 is 0 Å². The number of fused-ring (bicyclic) bond motifs is 1. The van der Waals surface area contributed by atoms with E-state index in [2.05, 4.69) is 82.7 Å². The zero-order chi connectivity index (χ0) is 17.2. The summed E-state index contributed by atoms with van der Waals surface area (Å²) in [6.45, 7) is 0. The Bertz CT molecular complexity index is 1090. The van der Waals surface area contributed by atoms with Crippen molar-refractivity contribution in [3.63, 3.8) is 0 Å². The summed E-state index contributed by atoms with van der Waals surface area (Å²) in [5.74, 6) is 0. The van der Waals surface area contributed by atoms with Gasteiger partial charge in [0.05, 0.1) is 11.6 Å². The van der Waals surface area contributed by atoms with Crippen LogP contribution in [0.1, 0.15) is 5.56 Å². The predicted molar refractivity (Wildman–Crippen MR) is 107 cm³/mol. The van der Waals surface area contributed by atoms with Gasteiger partial charge >= 0.3 is 0 Å². The third-order valence-corrected chi connectivity index (χ3v) is 4.93. The lowest BCUT2D eigenvalue weighted by Crippen LogP contribution is -1.86. The van der Waals surface area contributed by atoms with Crippen LogP contribution in [0.3, 0.4) is 0 Å². The van der Waals surface area contributed by atoms with Crippen molar-refractivity contribution >= 4 is 26.7 Å². The van der Waals surface area contributed by atoms with Crippen LogP contribution in [-0.4, -0.2) is 0 Å². The summed E-state index contributed by atoms with van der Waals surface area (Å²) >= 11 is 3.50. The van der Waals surface area contributed by atoms with E-state index in [1.54, 1.807) is 0 Å². The van der Waals surface area contributed by atoms with Crippen LogP contribution in [0.5, 0.6) is 0 Å². The average molecular weight is 384 g/mol. The van der Waals surface area contributed by atoms with Gasteiger partial charge in [-0.3, -0.25) is 0 Å². The van der Waals surface area contributed by atoms with E-state index >= 15 is 0 Å². The summed E-state index contributed by atoms with van der Waals surface area (Å²) in [4.78, 5) is 0. The second-order valence-corrected chi connectivity index (χ2v) is 6.82. The third-order valence-electron chi connectivity index (χ3n) is 4.40. The maximum atomic E-state index is 9.00. The normalized spacial score (nSPS) is 10.6. The number of nitriles is 1. The topological polar surface area (TPSA) is 23.8 Å². The Balaban J connectivity index is 1.92. The minimum atomic E-state index is 0.680. The zero-order valence-electron chi connectivity index (χ0n) is 13.4. The van der Waals surface area contributed by atoms with Crippen molar-refractivity contribution in [3.8, 4) is 28.3 Å². The van der Waals surface area contributed by atoms with E-state index < -0.39 is 0 Å². The van der Waals surface area contributed by atoms with E-state index in [4.69, 9.17) is 5.26 Å². The highest BCUT2D eigenvalue weighted by Crippen LogP contribution is 2.35. The molecule has 0 heterocycles. The maximum Gasteiger partial charge on any atom is 0.0991 e. The first-order chi connectivity index (χ1) is 12.3. The number of halogens is 1. The first-order valence-corrected chi connectivity index (χ1v) is 8.84. The van der Waals surface area contributed by atoms with E-state index in [1.165, 1.54) is 27.5 Å². The summed E-state index contributed by atoms with van der Waals surface area (Å²) in [5, 5.41) is 11.4. The molecule has 0 saturated heterocycles. The van der Waals surface area contributed by atoms with Gasteiger partial charge in [-0.05, 0) is 57.3 Å². The molecule has 0 aliphatic rings. The standard InChI is InChI=1S/C23H14BrN/c24-19-11-9-18(10-12-19)21-14-13-20(22-3-1-2-4-23(21)22)17-7-5-16(15-25)6-8-17/h1-14H. The van der Waals surface area contributed by atoms with Gasteiger partial charge in [0.1, 0.15) is 0 Å². The first-order valence-electron chi connectivity index (χ1n) is 8.04. The molecule has 2 heteroatoms. The number of hydrogen-bond donors (Lipinski definition) is 0. The van der Waals surface area contributed by atoms with Gasteiger partial charge in [-0.25, -0.2) is 0 Å². The van der Waals surface area contributed by atoms with Gasteiger partial charge in [0.25, 0.3) is 0 Å². The minimum absolute atomic E-state index is 0.680. The molecule has 0 fully saturated rings. The molecule has 0 atom stereocenters. The first kappa shape index (κ1) is 15.6. The Morgan fingerprint density at radius 3 is 1.56 bits per heavy atom. The molecule has 0 aliphatic heterocycles. The number of hydrogen-bond acceptors (Lipinski definition) is 1. The quantitative estimate of drug-likeness (QED) is 0.373. The van der Waals surface area contributed by atoms with Gasteiger partial charge in [-0.2, -0.15) is 5.26 Å². The van der Waals surface area contributed by atoms with Crippen LogP contribution in [0.2, 0.25) is 0 Å². The molecule has 4 rings (SSSR count). The highest BCUT2D eigenvalue weighted by atomic mass is 79.9. The van der Waals surface area contributed by atoms with Crippen molar-refractivity contribution in [2.45, 2.75) is 0 Å². The summed E-state index contributed by atoms with van der Waals surface area (Å²) in [5.41, 5.74) is 5.41. The number of nitrogens with zero attached hydrogens (tertiary/aromatic N) is 1. The summed E-state index contributed by atoms with van der Waals surface area (Å²) in [6.07, 6.45) is 0. The van der Waals surface area contributed by atoms with Crippen molar-refractivity contribution in [1.29, 1.82) is 5.26 Å². The smallest absolute Gasteiger partial charge is 0.0991 e. The fraction of sp³-hybridized carbons (Fsp3) is 0. The summed E-state index contributed by atoms with van der Waals surface area (Å²) < 4.78 is 1.08. The molecule has 0 N–H and O–H groups in total. The van der Waals surface area contributed by atoms with Gasteiger partial charge in [-0.15, -0.1) is 0 Å². The van der Waals surface area contributed by atoms with E-state index in [0.717, 1.165) is 10.0 Å². The van der Waals surface area contributed by atoms with E-state index in [9.17, 15) is 0 Å². The molecular formula is C23H14BrN. The van der Waals surface area contributed by atoms with Crippen LogP contribution >= 0.6 is 15.9 Å². The molecule has 0 bridgehead atoms. The lowest BCUT2D eigenvalue weighted by molar-refractivity contribution is 1.48. The molecule has 0 amide bonds. The van der Waals surface area contributed by atoms with E-state index in [-0.39, 0.29) is 0 Å². The Morgan fingerprint density at radius 1 is 0.600 bits per heavy atom. The van der Waals surface area contributed by atoms with Crippen molar-refractivity contribution < 1.29 is 0 Å². The van der Waals surface area contributed by atoms with Crippen LogP contribution in [0.4, 0.5) is 0 Å². The maximum absolute atomic E-state index is 9.00. The van der Waals surface area contributed by atoms with Crippen molar-refractivity contribution in [3.05, 3.63) is 95.0 Å². The van der Waals surface area contributed by atoms with Gasteiger partial charge in [0.15, 0.2) is 0 Å². The van der Waals surface area contributed by atoms with Crippen molar-refractivity contribution in [1.82, 2.24) is 0 Å². The van der Waals surface area contributed by atoms with Crippen molar-refractivity contribution in [2.24, 2.45) is 0 Å². The minimum Gasteiger partial charge on any atom is -0.192 e. The molecule has 4 aromatic carbocycles. The predicted octanol–water partition coefficient (Wildman–Crippen LogP) is 6.81. The van der Waals surface area contributed by atoms with Gasteiger partial charge in [-0.1, -0.05) is 76.6 Å². The Morgan fingerprint density at radius 2 is 1.08 bits per heavy atom. The number of rotatable bonds is 2. The lowest BCUT2D eigenvalue weighted by Gasteiger charge is -2.12. The number of benzene rings is 4. The SMILES string of the molecule is N#Cc1ccc(-c2ccc(-c3ccc(Br)cc3)c3ccccc23)cc1. The molecule has 25 heavy (non-hydrogen) atoms. The highest BCUT2D eigenvalue weighted by molar-refractivity contribution is 9.10. The highest BCUT2D eigenvalue weighted by Gasteiger charge is 2.09. The molecule has 0 radical (unpaired) electrons. The lowest BCUT2D eigenvalue weighted by atomic mass is 9.92. The van der Waals surface area contributed by atoms with Crippen LogP contribution in [0.15, 0.2) is 89.4 Å². The molecule has 0 aromatic heterocycles. The molecule has 0 spiro atoms. The van der Waals surface area contributed by atoms with E-state index in [1.807, 2.05) is 24.3 Å². The molecule has 4 aromatic rings. The van der Waals surface area contributed by atoms with Crippen LogP contribution in [0, 0.1) is 11.3 Å². The molecule has 1 nitrogen and oxygen atoms in total. The fourth-order valence-electron chi connectivity index (χ4n) is 3.16. The van der Waals surface area contributed by atoms with Crippen molar-refractivity contribution in [2.75, 3.05) is 0 Å². The van der Waals surface area contributed by atoms with Crippen LogP contribution in [0.25, 0.3) is 33.0 Å². The van der Waals surface area contributed by atoms with Gasteiger partial charge in [0.2, 0.25) is 0 Å². The van der Waals surface area contributed by atoms with E-state index in [0.29, 0.717) is 5.56 Å². The second-order valence-electron chi connectivity index (χ2n) is 5.90. The third kappa shape index (κ3) is 2.95. The van der Waals surface area contributed by atoms with Gasteiger partial charge in [0, 0.05) is 4.47 Å². The molecule has 0 aliphatic carbocycles. The Kier molecular flexibility index (Phi) is 4.09. The molecular weight excluding hydrogens is 370 g/mol. The molecule has 0 saturated carbocycles. The Labute approximate surface area is 155 Å². The second kappa shape index (κ2) is 6.55. The molecule has 0 unspecified atom stereocenters. The largest absolute Gasteiger partial charge is 0.192 e. The monoisotopic (exact) mass is 383 g/mol. The van der Waals surface area contributed by atoms with Crippen LogP contribution < -0.4 is 0 Å². The fourth-order valence-corrected chi connectivity index (χ4v) is 3.42. The van der Waals surface area contributed by atoms with Crippen LogP contribution in [-0.2, 0) is 0 Å². The summed E-state index contributed by atoms with van der Waals surface area (Å²) in [7, 11) is 0. The zero-order valence-corrected chi connectivity index (χ0v) is 15.0. The Hall–Kier alpha value is -2.89. The summed E-state index contributed by atoms with van der Waals surface area (Å²) in [6, 6.07) is 31.2. The average Bonchev–Trinajstić information content (AvgIpc) is 2.68. The molecule has 118 valence electrons.